The molecule has 0 N–H and O–H groups in total. The van der Waals surface area contributed by atoms with Gasteiger partial charge in [0.1, 0.15) is 0 Å². The fraction of sp³-hybridized carbons (Fsp3) is 0.700. The Morgan fingerprint density at radius 3 is 3.00 bits per heavy atom. The van der Waals surface area contributed by atoms with E-state index in [1.165, 1.54) is 12.8 Å². The van der Waals surface area contributed by atoms with E-state index >= 15 is 0 Å². The average Bonchev–Trinajstić information content (AvgIpc) is 1.96. The molecule has 0 heterocycles. The van der Waals surface area contributed by atoms with E-state index in [4.69, 9.17) is 5.26 Å². The fourth-order valence-corrected chi connectivity index (χ4v) is 1.49. The highest BCUT2D eigenvalue weighted by molar-refractivity contribution is 4.95. The highest BCUT2D eigenvalue weighted by Gasteiger charge is 2.08. The Morgan fingerprint density at radius 1 is 1.45 bits per heavy atom. The van der Waals surface area contributed by atoms with Crippen molar-refractivity contribution in [3.05, 3.63) is 12.2 Å². The van der Waals surface area contributed by atoms with Crippen molar-refractivity contribution in [2.75, 3.05) is 0 Å². The summed E-state index contributed by atoms with van der Waals surface area (Å²) in [6, 6.07) is 2.34. The number of hydrogen-bond donors (Lipinski definition) is 0. The van der Waals surface area contributed by atoms with E-state index in [0.29, 0.717) is 0 Å². The molecule has 60 valence electrons. The Labute approximate surface area is 68.7 Å². The second-order valence-corrected chi connectivity index (χ2v) is 3.40. The molecule has 0 spiro atoms. The molecule has 0 fully saturated rings. The minimum atomic E-state index is 0.277. The van der Waals surface area contributed by atoms with Crippen LogP contribution in [0.3, 0.4) is 0 Å². The van der Waals surface area contributed by atoms with E-state index in [2.05, 4.69) is 25.1 Å². The van der Waals surface area contributed by atoms with Gasteiger partial charge in [0.25, 0.3) is 0 Å². The second kappa shape index (κ2) is 4.18. The first-order valence-electron chi connectivity index (χ1n) is 4.39. The summed E-state index contributed by atoms with van der Waals surface area (Å²) in [5.41, 5.74) is 0. The molecule has 1 aliphatic carbocycles. The Balaban J connectivity index is 2.46. The molecule has 1 aliphatic rings. The van der Waals surface area contributed by atoms with E-state index in [1.54, 1.807) is 0 Å². The van der Waals surface area contributed by atoms with Crippen molar-refractivity contribution in [3.63, 3.8) is 0 Å². The minimum absolute atomic E-state index is 0.277. The molecule has 1 rings (SSSR count). The van der Waals surface area contributed by atoms with Crippen LogP contribution in [0, 0.1) is 23.2 Å². The Bertz CT molecular complexity index is 176. The lowest BCUT2D eigenvalue weighted by Crippen LogP contribution is -2.01. The summed E-state index contributed by atoms with van der Waals surface area (Å²) in [4.78, 5) is 0. The molecule has 2 unspecified atom stereocenters. The third-order valence-electron chi connectivity index (χ3n) is 2.28. The number of hydrogen-bond acceptors (Lipinski definition) is 1. The molecule has 0 radical (unpaired) electrons. The van der Waals surface area contributed by atoms with Crippen molar-refractivity contribution in [1.29, 1.82) is 5.26 Å². The molecule has 0 aromatic carbocycles. The van der Waals surface area contributed by atoms with Crippen LogP contribution in [0.15, 0.2) is 12.2 Å². The van der Waals surface area contributed by atoms with E-state index in [9.17, 15) is 0 Å². The standard InChI is InChI=1S/C10H15N/c1-9-4-2-6-10(8-11)7-3-5-9/h2,4,9-10H,3,5-7H2,1H3/b4-2-. The van der Waals surface area contributed by atoms with Crippen LogP contribution >= 0.6 is 0 Å². The van der Waals surface area contributed by atoms with Crippen molar-refractivity contribution >= 4 is 0 Å². The molecule has 0 saturated heterocycles. The number of nitrogens with zero attached hydrogens (tertiary/aromatic N) is 1. The van der Waals surface area contributed by atoms with Crippen LogP contribution in [0.1, 0.15) is 32.6 Å². The topological polar surface area (TPSA) is 23.8 Å². The molecule has 11 heavy (non-hydrogen) atoms. The lowest BCUT2D eigenvalue weighted by atomic mass is 9.92. The van der Waals surface area contributed by atoms with E-state index in [-0.39, 0.29) is 5.92 Å². The van der Waals surface area contributed by atoms with Gasteiger partial charge in [0.15, 0.2) is 0 Å². The largest absolute Gasteiger partial charge is 0.198 e. The molecule has 0 saturated carbocycles. The molecule has 0 bridgehead atoms. The van der Waals surface area contributed by atoms with Crippen molar-refractivity contribution < 1.29 is 0 Å². The third kappa shape index (κ3) is 2.76. The zero-order valence-corrected chi connectivity index (χ0v) is 7.09. The summed E-state index contributed by atoms with van der Waals surface area (Å²) in [5.74, 6) is 0.994. The van der Waals surface area contributed by atoms with Crippen molar-refractivity contribution in [2.24, 2.45) is 11.8 Å². The predicted octanol–water partition coefficient (Wildman–Crippen LogP) is 2.89. The van der Waals surface area contributed by atoms with Gasteiger partial charge in [0, 0.05) is 5.92 Å². The molecular formula is C10H15N. The SMILES string of the molecule is CC1/C=C\CC(C#N)CCC1. The van der Waals surface area contributed by atoms with Crippen molar-refractivity contribution in [1.82, 2.24) is 0 Å². The zero-order chi connectivity index (χ0) is 8.10. The molecule has 0 aliphatic heterocycles. The van der Waals surface area contributed by atoms with Gasteiger partial charge in [-0.15, -0.1) is 0 Å². The van der Waals surface area contributed by atoms with Gasteiger partial charge in [0.05, 0.1) is 6.07 Å². The van der Waals surface area contributed by atoms with Crippen molar-refractivity contribution in [2.45, 2.75) is 32.6 Å². The van der Waals surface area contributed by atoms with Gasteiger partial charge in [-0.1, -0.05) is 25.5 Å². The van der Waals surface area contributed by atoms with Crippen LogP contribution in [0.25, 0.3) is 0 Å². The maximum atomic E-state index is 8.69. The maximum Gasteiger partial charge on any atom is 0.0659 e. The van der Waals surface area contributed by atoms with E-state index in [1.807, 2.05) is 0 Å². The summed E-state index contributed by atoms with van der Waals surface area (Å²) < 4.78 is 0. The summed E-state index contributed by atoms with van der Waals surface area (Å²) in [5, 5.41) is 8.69. The highest BCUT2D eigenvalue weighted by atomic mass is 14.3. The van der Waals surface area contributed by atoms with Gasteiger partial charge in [0.2, 0.25) is 0 Å². The number of rotatable bonds is 0. The summed E-state index contributed by atoms with van der Waals surface area (Å²) >= 11 is 0. The van der Waals surface area contributed by atoms with E-state index < -0.39 is 0 Å². The normalized spacial score (nSPS) is 34.9. The third-order valence-corrected chi connectivity index (χ3v) is 2.28. The predicted molar refractivity (Wildman–Crippen MR) is 45.9 cm³/mol. The lowest BCUT2D eigenvalue weighted by Gasteiger charge is -2.12. The second-order valence-electron chi connectivity index (χ2n) is 3.40. The molecule has 2 atom stereocenters. The molecule has 0 aromatic rings. The van der Waals surface area contributed by atoms with Crippen molar-refractivity contribution in [3.8, 4) is 6.07 Å². The van der Waals surface area contributed by atoms with E-state index in [0.717, 1.165) is 18.8 Å². The van der Waals surface area contributed by atoms with Gasteiger partial charge in [-0.3, -0.25) is 0 Å². The fourth-order valence-electron chi connectivity index (χ4n) is 1.49. The zero-order valence-electron chi connectivity index (χ0n) is 7.09. The molecular weight excluding hydrogens is 134 g/mol. The van der Waals surface area contributed by atoms with Crippen LogP contribution in [0.5, 0.6) is 0 Å². The van der Waals surface area contributed by atoms with Crippen LogP contribution in [0.2, 0.25) is 0 Å². The maximum absolute atomic E-state index is 8.69. The van der Waals surface area contributed by atoms with Crippen LogP contribution in [-0.2, 0) is 0 Å². The first-order valence-corrected chi connectivity index (χ1v) is 4.39. The van der Waals surface area contributed by atoms with Crippen LogP contribution in [0.4, 0.5) is 0 Å². The number of allylic oxidation sites excluding steroid dienone is 2. The van der Waals surface area contributed by atoms with Gasteiger partial charge in [-0.05, 0) is 25.2 Å². The summed E-state index contributed by atoms with van der Waals surface area (Å²) in [7, 11) is 0. The minimum Gasteiger partial charge on any atom is -0.198 e. The Morgan fingerprint density at radius 2 is 2.27 bits per heavy atom. The first-order chi connectivity index (χ1) is 5.33. The monoisotopic (exact) mass is 149 g/mol. The van der Waals surface area contributed by atoms with Gasteiger partial charge < -0.3 is 0 Å². The quantitative estimate of drug-likeness (QED) is 0.486. The van der Waals surface area contributed by atoms with Crippen LogP contribution in [-0.4, -0.2) is 0 Å². The average molecular weight is 149 g/mol. The smallest absolute Gasteiger partial charge is 0.0659 e. The molecule has 0 aromatic heterocycles. The first kappa shape index (κ1) is 8.33. The number of nitriles is 1. The Kier molecular flexibility index (Phi) is 3.16. The highest BCUT2D eigenvalue weighted by Crippen LogP contribution is 2.20. The lowest BCUT2D eigenvalue weighted by molar-refractivity contribution is 0.499. The summed E-state index contributed by atoms with van der Waals surface area (Å²) in [6.07, 6.45) is 8.91. The van der Waals surface area contributed by atoms with Crippen LogP contribution < -0.4 is 0 Å². The molecule has 0 amide bonds. The summed E-state index contributed by atoms with van der Waals surface area (Å²) in [6.45, 7) is 2.24. The van der Waals surface area contributed by atoms with Gasteiger partial charge in [-0.2, -0.15) is 5.26 Å². The Hall–Kier alpha value is -0.770. The van der Waals surface area contributed by atoms with Gasteiger partial charge >= 0.3 is 0 Å². The van der Waals surface area contributed by atoms with Gasteiger partial charge in [-0.25, -0.2) is 0 Å². The molecule has 1 heteroatoms. The molecule has 1 nitrogen and oxygen atoms in total.